The van der Waals surface area contributed by atoms with Crippen molar-refractivity contribution in [1.82, 2.24) is 0 Å². The zero-order valence-corrected chi connectivity index (χ0v) is 11.9. The van der Waals surface area contributed by atoms with Crippen LogP contribution in [0, 0.1) is 29.2 Å². The minimum Gasteiger partial charge on any atom is -0.468 e. The highest BCUT2D eigenvalue weighted by atomic mass is 19.2. The van der Waals surface area contributed by atoms with Gasteiger partial charge in [0.15, 0.2) is 17.5 Å². The van der Waals surface area contributed by atoms with Gasteiger partial charge in [0.25, 0.3) is 0 Å². The van der Waals surface area contributed by atoms with Crippen LogP contribution in [-0.2, 0) is 9.53 Å². The van der Waals surface area contributed by atoms with Gasteiger partial charge in [0, 0.05) is 11.6 Å². The van der Waals surface area contributed by atoms with Gasteiger partial charge < -0.3 is 10.5 Å². The van der Waals surface area contributed by atoms with Gasteiger partial charge in [0.05, 0.1) is 7.11 Å². The topological polar surface area (TPSA) is 52.3 Å². The lowest BCUT2D eigenvalue weighted by atomic mass is 9.84. The number of nitrogens with two attached hydrogens (primary N) is 1. The summed E-state index contributed by atoms with van der Waals surface area (Å²) in [5.74, 6) is -7.93. The van der Waals surface area contributed by atoms with Crippen LogP contribution in [0.5, 0.6) is 0 Å². The highest BCUT2D eigenvalue weighted by molar-refractivity contribution is 5.75. The molecule has 0 aliphatic heterocycles. The van der Waals surface area contributed by atoms with Crippen LogP contribution in [0.4, 0.5) is 17.6 Å². The quantitative estimate of drug-likeness (QED) is 0.394. The standard InChI is InChI=1S/C14H17F4NO2/c1-6(4-10(19)14(20)21-3)7(2)11-8(15)5-9(16)12(17)13(11)18/h5-7,10H,4,19H2,1-3H3. The summed E-state index contributed by atoms with van der Waals surface area (Å²) in [6.07, 6.45) is 0.0890. The average Bonchev–Trinajstić information content (AvgIpc) is 2.43. The molecule has 0 heterocycles. The third kappa shape index (κ3) is 3.72. The van der Waals surface area contributed by atoms with Crippen molar-refractivity contribution in [3.63, 3.8) is 0 Å². The molecule has 0 fully saturated rings. The van der Waals surface area contributed by atoms with Crippen LogP contribution < -0.4 is 5.73 Å². The van der Waals surface area contributed by atoms with Crippen molar-refractivity contribution in [1.29, 1.82) is 0 Å². The van der Waals surface area contributed by atoms with Crippen LogP contribution in [0.25, 0.3) is 0 Å². The molecular weight excluding hydrogens is 290 g/mol. The first-order chi connectivity index (χ1) is 9.70. The minimum absolute atomic E-state index is 0.0890. The van der Waals surface area contributed by atoms with E-state index in [-0.39, 0.29) is 6.42 Å². The first kappa shape index (κ1) is 17.4. The number of rotatable bonds is 5. The van der Waals surface area contributed by atoms with Gasteiger partial charge in [0.1, 0.15) is 11.9 Å². The molecule has 0 amide bonds. The molecule has 1 aromatic rings. The number of esters is 1. The predicted octanol–water partition coefficient (Wildman–Crippen LogP) is 2.87. The molecule has 2 N–H and O–H groups in total. The first-order valence-electron chi connectivity index (χ1n) is 6.36. The molecule has 0 bridgehead atoms. The second-order valence-electron chi connectivity index (χ2n) is 5.01. The normalized spacial score (nSPS) is 15.4. The summed E-state index contributed by atoms with van der Waals surface area (Å²) >= 11 is 0. The second-order valence-corrected chi connectivity index (χ2v) is 5.01. The zero-order valence-electron chi connectivity index (χ0n) is 11.9. The number of hydrogen-bond acceptors (Lipinski definition) is 3. The smallest absolute Gasteiger partial charge is 0.322 e. The maximum Gasteiger partial charge on any atom is 0.322 e. The van der Waals surface area contributed by atoms with Crippen LogP contribution in [-0.4, -0.2) is 19.1 Å². The van der Waals surface area contributed by atoms with Crippen LogP contribution in [0.1, 0.15) is 31.7 Å². The molecular formula is C14H17F4NO2. The van der Waals surface area contributed by atoms with Crippen LogP contribution in [0.3, 0.4) is 0 Å². The van der Waals surface area contributed by atoms with Crippen molar-refractivity contribution in [3.05, 3.63) is 34.9 Å². The predicted molar refractivity (Wildman–Crippen MR) is 68.5 cm³/mol. The fourth-order valence-corrected chi connectivity index (χ4v) is 2.13. The van der Waals surface area contributed by atoms with E-state index in [4.69, 9.17) is 5.73 Å². The second kappa shape index (κ2) is 6.89. The van der Waals surface area contributed by atoms with E-state index in [0.29, 0.717) is 6.07 Å². The van der Waals surface area contributed by atoms with Crippen molar-refractivity contribution in [3.8, 4) is 0 Å². The molecule has 0 aromatic heterocycles. The Morgan fingerprint density at radius 3 is 2.29 bits per heavy atom. The lowest BCUT2D eigenvalue weighted by Gasteiger charge is -2.23. The zero-order chi connectivity index (χ0) is 16.3. The van der Waals surface area contributed by atoms with E-state index in [1.165, 1.54) is 14.0 Å². The average molecular weight is 307 g/mol. The molecule has 0 spiro atoms. The largest absolute Gasteiger partial charge is 0.468 e. The molecule has 118 valence electrons. The van der Waals surface area contributed by atoms with Crippen molar-refractivity contribution < 1.29 is 27.1 Å². The van der Waals surface area contributed by atoms with E-state index in [0.717, 1.165) is 0 Å². The Morgan fingerprint density at radius 1 is 1.19 bits per heavy atom. The summed E-state index contributed by atoms with van der Waals surface area (Å²) in [5, 5.41) is 0. The molecule has 21 heavy (non-hydrogen) atoms. The van der Waals surface area contributed by atoms with Gasteiger partial charge in [-0.25, -0.2) is 17.6 Å². The highest BCUT2D eigenvalue weighted by Gasteiger charge is 2.28. The molecule has 0 aliphatic rings. The molecule has 3 nitrogen and oxygen atoms in total. The van der Waals surface area contributed by atoms with Gasteiger partial charge in [-0.2, -0.15) is 0 Å². The van der Waals surface area contributed by atoms with E-state index in [2.05, 4.69) is 4.74 Å². The van der Waals surface area contributed by atoms with Gasteiger partial charge in [-0.3, -0.25) is 4.79 Å². The Kier molecular flexibility index (Phi) is 5.71. The van der Waals surface area contributed by atoms with Crippen LogP contribution >= 0.6 is 0 Å². The number of hydrogen-bond donors (Lipinski definition) is 1. The number of halogens is 4. The Bertz CT molecular complexity index is 536. The molecule has 7 heteroatoms. The molecule has 3 atom stereocenters. The molecule has 0 radical (unpaired) electrons. The minimum atomic E-state index is -1.72. The maximum absolute atomic E-state index is 13.7. The Labute approximate surface area is 120 Å². The van der Waals surface area contributed by atoms with Crippen LogP contribution in [0.2, 0.25) is 0 Å². The van der Waals surface area contributed by atoms with Gasteiger partial charge in [0.2, 0.25) is 0 Å². The molecule has 3 unspecified atom stereocenters. The van der Waals surface area contributed by atoms with Crippen LogP contribution in [0.15, 0.2) is 6.07 Å². The lowest BCUT2D eigenvalue weighted by molar-refractivity contribution is -0.142. The van der Waals surface area contributed by atoms with E-state index < -0.39 is 52.7 Å². The van der Waals surface area contributed by atoms with Gasteiger partial charge in [-0.1, -0.05) is 13.8 Å². The summed E-state index contributed by atoms with van der Waals surface area (Å²) in [6, 6.07) is -0.652. The van der Waals surface area contributed by atoms with E-state index in [1.807, 2.05) is 0 Å². The fraction of sp³-hybridized carbons (Fsp3) is 0.500. The monoisotopic (exact) mass is 307 g/mol. The summed E-state index contributed by atoms with van der Waals surface area (Å²) < 4.78 is 58.0. The maximum atomic E-state index is 13.7. The first-order valence-corrected chi connectivity index (χ1v) is 6.36. The summed E-state index contributed by atoms with van der Waals surface area (Å²) in [7, 11) is 1.17. The third-order valence-electron chi connectivity index (χ3n) is 3.59. The van der Waals surface area contributed by atoms with Crippen molar-refractivity contribution in [2.75, 3.05) is 7.11 Å². The summed E-state index contributed by atoms with van der Waals surface area (Å²) in [5.41, 5.74) is 5.02. The van der Waals surface area contributed by atoms with E-state index >= 15 is 0 Å². The van der Waals surface area contributed by atoms with Crippen molar-refractivity contribution >= 4 is 5.97 Å². The van der Waals surface area contributed by atoms with E-state index in [9.17, 15) is 22.4 Å². The SMILES string of the molecule is COC(=O)C(N)CC(C)C(C)c1c(F)cc(F)c(F)c1F. The lowest BCUT2D eigenvalue weighted by Crippen LogP contribution is -2.34. The van der Waals surface area contributed by atoms with Crippen molar-refractivity contribution in [2.24, 2.45) is 11.7 Å². The Balaban J connectivity index is 3.01. The van der Waals surface area contributed by atoms with Gasteiger partial charge in [-0.15, -0.1) is 0 Å². The molecule has 0 saturated carbocycles. The van der Waals surface area contributed by atoms with Gasteiger partial charge in [-0.05, 0) is 18.3 Å². The molecule has 1 aromatic carbocycles. The van der Waals surface area contributed by atoms with Gasteiger partial charge >= 0.3 is 5.97 Å². The third-order valence-corrected chi connectivity index (χ3v) is 3.59. The summed E-state index contributed by atoms with van der Waals surface area (Å²) in [4.78, 5) is 11.2. The number of methoxy groups -OCH3 is 1. The summed E-state index contributed by atoms with van der Waals surface area (Å²) in [6.45, 7) is 3.06. The Morgan fingerprint density at radius 2 is 1.76 bits per heavy atom. The molecule has 0 saturated heterocycles. The Hall–Kier alpha value is -1.63. The van der Waals surface area contributed by atoms with Crippen molar-refractivity contribution in [2.45, 2.75) is 32.2 Å². The number of carbonyl (C=O) groups is 1. The highest BCUT2D eigenvalue weighted by Crippen LogP contribution is 2.32. The number of ether oxygens (including phenoxy) is 1. The molecule has 0 aliphatic carbocycles. The number of carbonyl (C=O) groups excluding carboxylic acids is 1. The fourth-order valence-electron chi connectivity index (χ4n) is 2.13. The molecule has 1 rings (SSSR count). The van der Waals surface area contributed by atoms with E-state index in [1.54, 1.807) is 6.92 Å². The number of benzene rings is 1.